The predicted octanol–water partition coefficient (Wildman–Crippen LogP) is 4.61. The number of aromatic amines is 1. The van der Waals surface area contributed by atoms with Gasteiger partial charge in [-0.05, 0) is 30.9 Å². The van der Waals surface area contributed by atoms with Crippen molar-refractivity contribution in [2.24, 2.45) is 0 Å². The number of benzene rings is 2. The molecule has 0 aliphatic rings. The number of carbonyl (C=O) groups is 1. The molecule has 0 atom stereocenters. The molecule has 0 unspecified atom stereocenters. The van der Waals surface area contributed by atoms with Crippen LogP contribution in [0.5, 0.6) is 0 Å². The fourth-order valence-corrected chi connectivity index (χ4v) is 3.87. The Bertz CT molecular complexity index is 1390. The standard InChI is InChI=1S/C25H24N6O2/c1-2-33-21(32)11-7-6-10-20-28-24-22(26-16-27-24)25-29-23(30-31(20)25)19-14-12-18(13-15-19)17-8-4-3-5-9-17/h3-5,8-9,12-16H,2,6-7,10-11H2,1H3,(H,26,27). The van der Waals surface area contributed by atoms with E-state index in [-0.39, 0.29) is 5.97 Å². The number of ether oxygens (including phenoxy) is 1. The minimum atomic E-state index is -0.166. The maximum atomic E-state index is 11.6. The maximum Gasteiger partial charge on any atom is 0.305 e. The highest BCUT2D eigenvalue weighted by atomic mass is 16.5. The van der Waals surface area contributed by atoms with Crippen LogP contribution in [0.3, 0.4) is 0 Å². The highest BCUT2D eigenvalue weighted by molar-refractivity contribution is 5.85. The fourth-order valence-electron chi connectivity index (χ4n) is 3.87. The molecule has 166 valence electrons. The first kappa shape index (κ1) is 20.8. The van der Waals surface area contributed by atoms with Crippen LogP contribution in [0.2, 0.25) is 0 Å². The second-order valence-corrected chi connectivity index (χ2v) is 7.76. The van der Waals surface area contributed by atoms with Crippen LogP contribution < -0.4 is 0 Å². The first-order chi connectivity index (χ1) is 16.2. The van der Waals surface area contributed by atoms with Gasteiger partial charge in [-0.3, -0.25) is 4.79 Å². The number of nitrogens with one attached hydrogen (secondary N) is 1. The number of hydrogen-bond donors (Lipinski definition) is 1. The van der Waals surface area contributed by atoms with Crippen LogP contribution >= 0.6 is 0 Å². The second kappa shape index (κ2) is 9.20. The molecule has 0 spiro atoms. The van der Waals surface area contributed by atoms with Crippen molar-refractivity contribution in [1.29, 1.82) is 0 Å². The van der Waals surface area contributed by atoms with E-state index >= 15 is 0 Å². The van der Waals surface area contributed by atoms with Gasteiger partial charge in [-0.15, -0.1) is 5.10 Å². The average Bonchev–Trinajstić information content (AvgIpc) is 3.50. The van der Waals surface area contributed by atoms with Gasteiger partial charge in [-0.1, -0.05) is 54.6 Å². The largest absolute Gasteiger partial charge is 0.466 e. The molecule has 0 radical (unpaired) electrons. The minimum absolute atomic E-state index is 0.166. The summed E-state index contributed by atoms with van der Waals surface area (Å²) >= 11 is 0. The molecule has 33 heavy (non-hydrogen) atoms. The third kappa shape index (κ3) is 4.32. The second-order valence-electron chi connectivity index (χ2n) is 7.76. The molecular formula is C25H24N6O2. The average molecular weight is 441 g/mol. The summed E-state index contributed by atoms with van der Waals surface area (Å²) in [7, 11) is 0. The van der Waals surface area contributed by atoms with Crippen LogP contribution in [0.25, 0.3) is 39.3 Å². The molecule has 8 heteroatoms. The first-order valence-electron chi connectivity index (χ1n) is 11.1. The van der Waals surface area contributed by atoms with E-state index in [0.717, 1.165) is 35.3 Å². The van der Waals surface area contributed by atoms with E-state index in [1.807, 2.05) is 37.3 Å². The van der Waals surface area contributed by atoms with Crippen LogP contribution in [0.1, 0.15) is 32.0 Å². The Morgan fingerprint density at radius 3 is 2.52 bits per heavy atom. The molecule has 1 N–H and O–H groups in total. The molecular weight excluding hydrogens is 416 g/mol. The molecule has 0 fully saturated rings. The zero-order chi connectivity index (χ0) is 22.6. The van der Waals surface area contributed by atoms with Gasteiger partial charge in [-0.25, -0.2) is 15.0 Å². The first-order valence-corrected chi connectivity index (χ1v) is 11.1. The number of H-pyrrole nitrogens is 1. The highest BCUT2D eigenvalue weighted by Gasteiger charge is 2.16. The number of aryl methyl sites for hydroxylation is 1. The Balaban J connectivity index is 1.43. The van der Waals surface area contributed by atoms with Crippen molar-refractivity contribution in [3.63, 3.8) is 0 Å². The van der Waals surface area contributed by atoms with Gasteiger partial charge < -0.3 is 9.72 Å². The Labute approximate surface area is 190 Å². The molecule has 5 aromatic rings. The Morgan fingerprint density at radius 1 is 0.970 bits per heavy atom. The third-order valence-electron chi connectivity index (χ3n) is 5.52. The van der Waals surface area contributed by atoms with E-state index in [4.69, 9.17) is 14.8 Å². The Kier molecular flexibility index (Phi) is 5.80. The molecule has 0 saturated carbocycles. The lowest BCUT2D eigenvalue weighted by molar-refractivity contribution is -0.143. The topological polar surface area (TPSA) is 98.1 Å². The van der Waals surface area contributed by atoms with Crippen molar-refractivity contribution < 1.29 is 9.53 Å². The van der Waals surface area contributed by atoms with Gasteiger partial charge in [-0.2, -0.15) is 4.52 Å². The van der Waals surface area contributed by atoms with Gasteiger partial charge in [0.25, 0.3) is 0 Å². The Hall–Kier alpha value is -4.07. The van der Waals surface area contributed by atoms with Crippen molar-refractivity contribution in [1.82, 2.24) is 29.5 Å². The predicted molar refractivity (Wildman–Crippen MR) is 125 cm³/mol. The number of rotatable bonds is 8. The number of aromatic nitrogens is 6. The summed E-state index contributed by atoms with van der Waals surface area (Å²) in [4.78, 5) is 28.5. The number of esters is 1. The number of hydrogen-bond acceptors (Lipinski definition) is 6. The van der Waals surface area contributed by atoms with E-state index < -0.39 is 0 Å². The number of fused-ring (bicyclic) bond motifs is 3. The zero-order valence-corrected chi connectivity index (χ0v) is 18.4. The van der Waals surface area contributed by atoms with Crippen molar-refractivity contribution in [3.05, 3.63) is 66.7 Å². The minimum Gasteiger partial charge on any atom is -0.466 e. The lowest BCUT2D eigenvalue weighted by Gasteiger charge is -2.04. The molecule has 0 amide bonds. The fraction of sp³-hybridized carbons (Fsp3) is 0.240. The van der Waals surface area contributed by atoms with E-state index in [1.165, 1.54) is 5.56 Å². The van der Waals surface area contributed by atoms with Crippen LogP contribution in [0.15, 0.2) is 60.9 Å². The van der Waals surface area contributed by atoms with Gasteiger partial charge in [0, 0.05) is 18.4 Å². The number of nitrogens with zero attached hydrogens (tertiary/aromatic N) is 5. The number of carbonyl (C=O) groups excluding carboxylic acids is 1. The van der Waals surface area contributed by atoms with Gasteiger partial charge in [0.15, 0.2) is 17.1 Å². The van der Waals surface area contributed by atoms with Crippen LogP contribution in [0, 0.1) is 0 Å². The Morgan fingerprint density at radius 2 is 1.73 bits per heavy atom. The molecule has 0 saturated heterocycles. The van der Waals surface area contributed by atoms with Crippen molar-refractivity contribution in [3.8, 4) is 22.5 Å². The maximum absolute atomic E-state index is 11.6. The monoisotopic (exact) mass is 440 g/mol. The molecule has 0 aliphatic carbocycles. The van der Waals surface area contributed by atoms with Crippen LogP contribution in [-0.2, 0) is 16.0 Å². The molecule has 0 aliphatic heterocycles. The van der Waals surface area contributed by atoms with Gasteiger partial charge in [0.1, 0.15) is 11.3 Å². The summed E-state index contributed by atoms with van der Waals surface area (Å²) in [5.41, 5.74) is 5.30. The highest BCUT2D eigenvalue weighted by Crippen LogP contribution is 2.25. The van der Waals surface area contributed by atoms with E-state index in [1.54, 1.807) is 10.8 Å². The van der Waals surface area contributed by atoms with Gasteiger partial charge in [0.05, 0.1) is 12.9 Å². The molecule has 3 aromatic heterocycles. The van der Waals surface area contributed by atoms with Crippen molar-refractivity contribution in [2.45, 2.75) is 32.6 Å². The van der Waals surface area contributed by atoms with Crippen molar-refractivity contribution >= 4 is 22.8 Å². The molecule has 0 bridgehead atoms. The summed E-state index contributed by atoms with van der Waals surface area (Å²) in [5, 5.41) is 4.76. The zero-order valence-electron chi connectivity index (χ0n) is 18.4. The lowest BCUT2D eigenvalue weighted by atomic mass is 10.0. The smallest absolute Gasteiger partial charge is 0.305 e. The van der Waals surface area contributed by atoms with Crippen LogP contribution in [-0.4, -0.2) is 42.1 Å². The summed E-state index contributed by atoms with van der Waals surface area (Å²) in [6.45, 7) is 2.22. The number of imidazole rings is 1. The third-order valence-corrected chi connectivity index (χ3v) is 5.52. The normalized spacial score (nSPS) is 11.3. The summed E-state index contributed by atoms with van der Waals surface area (Å²) in [6, 6.07) is 18.5. The molecule has 5 rings (SSSR count). The number of unbranched alkanes of at least 4 members (excludes halogenated alkanes) is 1. The summed E-state index contributed by atoms with van der Waals surface area (Å²) in [5.74, 6) is 1.24. The molecule has 8 nitrogen and oxygen atoms in total. The van der Waals surface area contributed by atoms with Crippen molar-refractivity contribution in [2.75, 3.05) is 6.61 Å². The quantitative estimate of drug-likeness (QED) is 0.279. The summed E-state index contributed by atoms with van der Waals surface area (Å²) < 4.78 is 6.79. The van der Waals surface area contributed by atoms with E-state index in [2.05, 4.69) is 39.2 Å². The molecule has 3 heterocycles. The van der Waals surface area contributed by atoms with Gasteiger partial charge in [0.2, 0.25) is 0 Å². The SMILES string of the molecule is CCOC(=O)CCCCc1nc2nc[nH]c2c2nc(-c3ccc(-c4ccccc4)cc3)nn12. The molecule has 2 aromatic carbocycles. The lowest BCUT2D eigenvalue weighted by Crippen LogP contribution is -2.06. The van der Waals surface area contributed by atoms with E-state index in [9.17, 15) is 4.79 Å². The van der Waals surface area contributed by atoms with Gasteiger partial charge >= 0.3 is 5.97 Å². The van der Waals surface area contributed by atoms with Crippen LogP contribution in [0.4, 0.5) is 0 Å². The van der Waals surface area contributed by atoms with E-state index in [0.29, 0.717) is 36.6 Å². The summed E-state index contributed by atoms with van der Waals surface area (Å²) in [6.07, 6.45) is 4.19.